The second kappa shape index (κ2) is 7.31. The van der Waals surface area contributed by atoms with Gasteiger partial charge in [-0.3, -0.25) is 4.79 Å². The third-order valence-electron chi connectivity index (χ3n) is 2.54. The van der Waals surface area contributed by atoms with Crippen molar-refractivity contribution in [3.8, 4) is 5.75 Å². The number of amides is 1. The van der Waals surface area contributed by atoms with Crippen LogP contribution in [0.2, 0.25) is 0 Å². The van der Waals surface area contributed by atoms with Crippen molar-refractivity contribution in [2.45, 2.75) is 13.0 Å². The normalized spacial score (nSPS) is 10.2. The number of halogens is 1. The van der Waals surface area contributed by atoms with E-state index in [0.29, 0.717) is 31.0 Å². The van der Waals surface area contributed by atoms with Crippen LogP contribution in [0.25, 0.3) is 0 Å². The molecule has 1 aromatic heterocycles. The first-order valence-corrected chi connectivity index (χ1v) is 7.74. The number of anilines is 1. The van der Waals surface area contributed by atoms with Crippen LogP contribution in [0.3, 0.4) is 0 Å². The van der Waals surface area contributed by atoms with E-state index < -0.39 is 0 Å². The fourth-order valence-corrected chi connectivity index (χ4v) is 3.01. The van der Waals surface area contributed by atoms with Gasteiger partial charge in [0.05, 0.1) is 23.4 Å². The smallest absolute Gasteiger partial charge is 0.223 e. The van der Waals surface area contributed by atoms with Gasteiger partial charge < -0.3 is 15.8 Å². The highest BCUT2D eigenvalue weighted by molar-refractivity contribution is 9.11. The van der Waals surface area contributed by atoms with Crippen LogP contribution in [-0.4, -0.2) is 12.5 Å². The van der Waals surface area contributed by atoms with Gasteiger partial charge >= 0.3 is 0 Å². The topological polar surface area (TPSA) is 64.3 Å². The minimum atomic E-state index is -0.0292. The van der Waals surface area contributed by atoms with Crippen molar-refractivity contribution in [2.75, 3.05) is 12.3 Å². The highest BCUT2D eigenvalue weighted by Gasteiger charge is 2.04. The molecule has 4 nitrogen and oxygen atoms in total. The molecule has 6 heteroatoms. The number of carbonyl (C=O) groups is 1. The summed E-state index contributed by atoms with van der Waals surface area (Å²) in [6, 6.07) is 11.1. The van der Waals surface area contributed by atoms with E-state index in [0.717, 1.165) is 8.66 Å². The molecule has 0 radical (unpaired) electrons. The number of ether oxygens (including phenoxy) is 1. The van der Waals surface area contributed by atoms with Gasteiger partial charge in [-0.25, -0.2) is 0 Å². The summed E-state index contributed by atoms with van der Waals surface area (Å²) in [5.41, 5.74) is 6.29. The van der Waals surface area contributed by atoms with E-state index in [4.69, 9.17) is 10.5 Å². The molecule has 0 aliphatic heterocycles. The predicted molar refractivity (Wildman–Crippen MR) is 84.8 cm³/mol. The Morgan fingerprint density at radius 1 is 1.35 bits per heavy atom. The SMILES string of the molecule is Nc1cccc(OCCC(=O)NCc2ccc(Br)s2)c1. The van der Waals surface area contributed by atoms with Crippen molar-refractivity contribution in [3.63, 3.8) is 0 Å². The molecule has 2 rings (SSSR count). The molecule has 0 aliphatic rings. The van der Waals surface area contributed by atoms with E-state index >= 15 is 0 Å². The fraction of sp³-hybridized carbons (Fsp3) is 0.214. The lowest BCUT2D eigenvalue weighted by Crippen LogP contribution is -2.24. The Balaban J connectivity index is 1.67. The molecule has 0 spiro atoms. The maximum absolute atomic E-state index is 11.7. The molecule has 3 N–H and O–H groups in total. The van der Waals surface area contributed by atoms with E-state index in [1.54, 1.807) is 23.5 Å². The van der Waals surface area contributed by atoms with Crippen LogP contribution in [0.1, 0.15) is 11.3 Å². The molecule has 2 aromatic rings. The maximum atomic E-state index is 11.7. The molecule has 20 heavy (non-hydrogen) atoms. The Bertz CT molecular complexity index is 586. The highest BCUT2D eigenvalue weighted by atomic mass is 79.9. The van der Waals surface area contributed by atoms with Crippen molar-refractivity contribution in [2.24, 2.45) is 0 Å². The highest BCUT2D eigenvalue weighted by Crippen LogP contribution is 2.21. The molecular formula is C14H15BrN2O2S. The molecule has 0 saturated heterocycles. The van der Waals surface area contributed by atoms with Crippen molar-refractivity contribution < 1.29 is 9.53 Å². The number of nitrogens with two attached hydrogens (primary N) is 1. The second-order valence-corrected chi connectivity index (χ2v) is 6.70. The molecule has 0 aliphatic carbocycles. The van der Waals surface area contributed by atoms with Crippen molar-refractivity contribution in [1.82, 2.24) is 5.32 Å². The Labute approximate surface area is 130 Å². The Kier molecular flexibility index (Phi) is 5.43. The quantitative estimate of drug-likeness (QED) is 0.783. The lowest BCUT2D eigenvalue weighted by molar-refractivity contribution is -0.121. The van der Waals surface area contributed by atoms with Crippen LogP contribution in [0.5, 0.6) is 5.75 Å². The molecule has 0 atom stereocenters. The summed E-state index contributed by atoms with van der Waals surface area (Å²) in [6.07, 6.45) is 0.321. The largest absolute Gasteiger partial charge is 0.493 e. The Hall–Kier alpha value is -1.53. The van der Waals surface area contributed by atoms with Gasteiger partial charge in [0.15, 0.2) is 0 Å². The molecular weight excluding hydrogens is 340 g/mol. The number of rotatable bonds is 6. The van der Waals surface area contributed by atoms with Gasteiger partial charge in [-0.05, 0) is 40.2 Å². The minimum Gasteiger partial charge on any atom is -0.493 e. The van der Waals surface area contributed by atoms with Gasteiger partial charge in [0.1, 0.15) is 5.75 Å². The Morgan fingerprint density at radius 2 is 2.20 bits per heavy atom. The number of nitrogen functional groups attached to an aromatic ring is 1. The van der Waals surface area contributed by atoms with Crippen molar-refractivity contribution in [3.05, 3.63) is 45.1 Å². The zero-order valence-corrected chi connectivity index (χ0v) is 13.2. The van der Waals surface area contributed by atoms with Crippen molar-refractivity contribution >= 4 is 38.9 Å². The summed E-state index contributed by atoms with van der Waals surface area (Å²) in [5, 5.41) is 2.86. The van der Waals surface area contributed by atoms with E-state index in [-0.39, 0.29) is 5.91 Å². The van der Waals surface area contributed by atoms with E-state index in [2.05, 4.69) is 21.2 Å². The predicted octanol–water partition coefficient (Wildman–Crippen LogP) is 3.18. The van der Waals surface area contributed by atoms with E-state index in [9.17, 15) is 4.79 Å². The lowest BCUT2D eigenvalue weighted by Gasteiger charge is -2.07. The summed E-state index contributed by atoms with van der Waals surface area (Å²) in [7, 11) is 0. The first-order chi connectivity index (χ1) is 9.63. The molecule has 1 heterocycles. The Morgan fingerprint density at radius 3 is 2.90 bits per heavy atom. The zero-order chi connectivity index (χ0) is 14.4. The summed E-state index contributed by atoms with van der Waals surface area (Å²) < 4.78 is 6.53. The van der Waals surface area contributed by atoms with Crippen LogP contribution in [0.15, 0.2) is 40.2 Å². The van der Waals surface area contributed by atoms with Crippen LogP contribution < -0.4 is 15.8 Å². The van der Waals surface area contributed by atoms with Crippen LogP contribution in [-0.2, 0) is 11.3 Å². The molecule has 1 aromatic carbocycles. The van der Waals surface area contributed by atoms with Gasteiger partial charge in [-0.2, -0.15) is 0 Å². The third-order valence-corrected chi connectivity index (χ3v) is 4.17. The number of benzene rings is 1. The summed E-state index contributed by atoms with van der Waals surface area (Å²) in [4.78, 5) is 12.8. The van der Waals surface area contributed by atoms with E-state index in [1.165, 1.54) is 0 Å². The number of hydrogen-bond donors (Lipinski definition) is 2. The maximum Gasteiger partial charge on any atom is 0.223 e. The number of hydrogen-bond acceptors (Lipinski definition) is 4. The summed E-state index contributed by atoms with van der Waals surface area (Å²) in [5.74, 6) is 0.651. The standard InChI is InChI=1S/C14H15BrN2O2S/c15-13-5-4-12(20-13)9-17-14(18)6-7-19-11-3-1-2-10(16)8-11/h1-5,8H,6-7,9,16H2,(H,17,18). The average Bonchev–Trinajstić information content (AvgIpc) is 2.82. The molecule has 0 saturated carbocycles. The summed E-state index contributed by atoms with van der Waals surface area (Å²) >= 11 is 5.00. The zero-order valence-electron chi connectivity index (χ0n) is 10.8. The van der Waals surface area contributed by atoms with Gasteiger partial charge in [-0.1, -0.05) is 6.07 Å². The second-order valence-electron chi connectivity index (χ2n) is 4.15. The lowest BCUT2D eigenvalue weighted by atomic mass is 10.3. The molecule has 0 bridgehead atoms. The van der Waals surface area contributed by atoms with Crippen LogP contribution in [0.4, 0.5) is 5.69 Å². The van der Waals surface area contributed by atoms with Gasteiger partial charge in [0.25, 0.3) is 0 Å². The third kappa shape index (κ3) is 4.86. The van der Waals surface area contributed by atoms with Gasteiger partial charge in [-0.15, -0.1) is 11.3 Å². The number of nitrogens with one attached hydrogen (secondary N) is 1. The molecule has 0 fully saturated rings. The molecule has 1 amide bonds. The average molecular weight is 355 g/mol. The first kappa shape index (κ1) is 14.9. The monoisotopic (exact) mass is 354 g/mol. The first-order valence-electron chi connectivity index (χ1n) is 6.13. The number of carbonyl (C=O) groups excluding carboxylic acids is 1. The fourth-order valence-electron chi connectivity index (χ4n) is 1.59. The summed E-state index contributed by atoms with van der Waals surface area (Å²) in [6.45, 7) is 0.886. The van der Waals surface area contributed by atoms with Crippen molar-refractivity contribution in [1.29, 1.82) is 0 Å². The van der Waals surface area contributed by atoms with Gasteiger partial charge in [0, 0.05) is 16.6 Å². The van der Waals surface area contributed by atoms with Gasteiger partial charge in [0.2, 0.25) is 5.91 Å². The van der Waals surface area contributed by atoms with Crippen LogP contribution in [0, 0.1) is 0 Å². The minimum absolute atomic E-state index is 0.0292. The van der Waals surface area contributed by atoms with Crippen LogP contribution >= 0.6 is 27.3 Å². The molecule has 106 valence electrons. The molecule has 0 unspecified atom stereocenters. The van der Waals surface area contributed by atoms with E-state index in [1.807, 2.05) is 24.3 Å². The number of thiophene rings is 1.